The van der Waals surface area contributed by atoms with Gasteiger partial charge in [0, 0.05) is 17.1 Å². The molecule has 1 aromatic rings. The summed E-state index contributed by atoms with van der Waals surface area (Å²) in [5, 5.41) is 0.558. The number of benzene rings is 1. The predicted octanol–water partition coefficient (Wildman–Crippen LogP) is 4.49. The minimum atomic E-state index is 0. The van der Waals surface area contributed by atoms with Crippen LogP contribution >= 0.6 is 52.3 Å². The molecule has 0 amide bonds. The summed E-state index contributed by atoms with van der Waals surface area (Å²) >= 11 is 9.31. The number of hydrogen-bond acceptors (Lipinski definition) is 4. The quantitative estimate of drug-likeness (QED) is 0.563. The van der Waals surface area contributed by atoms with Crippen molar-refractivity contribution in [2.75, 3.05) is 25.4 Å². The molecule has 4 nitrogen and oxygen atoms in total. The average Bonchev–Trinajstić information content (AvgIpc) is 2.41. The summed E-state index contributed by atoms with van der Waals surface area (Å²) in [5.41, 5.74) is 6.36. The first-order chi connectivity index (χ1) is 9.47. The first-order valence-corrected chi connectivity index (χ1v) is 7.61. The molecule has 0 aliphatic carbocycles. The molecule has 0 unspecified atom stereocenters. The number of morpholine rings is 1. The van der Waals surface area contributed by atoms with Crippen molar-refractivity contribution in [3.8, 4) is 5.75 Å². The van der Waals surface area contributed by atoms with Crippen LogP contribution in [0.3, 0.4) is 0 Å². The molecule has 2 rings (SSSR count). The van der Waals surface area contributed by atoms with E-state index in [9.17, 15) is 0 Å². The molecule has 0 saturated carbocycles. The van der Waals surface area contributed by atoms with Gasteiger partial charge in [-0.15, -0.1) is 24.8 Å². The van der Waals surface area contributed by atoms with E-state index in [-0.39, 0.29) is 24.8 Å². The van der Waals surface area contributed by atoms with Crippen molar-refractivity contribution in [1.82, 2.24) is 4.90 Å². The van der Waals surface area contributed by atoms with Gasteiger partial charge in [0.25, 0.3) is 0 Å². The van der Waals surface area contributed by atoms with E-state index in [0.717, 1.165) is 23.3 Å². The van der Waals surface area contributed by atoms with Gasteiger partial charge in [-0.1, -0.05) is 11.6 Å². The Morgan fingerprint density at radius 3 is 2.73 bits per heavy atom. The molecule has 1 aliphatic heterocycles. The highest BCUT2D eigenvalue weighted by Crippen LogP contribution is 2.32. The van der Waals surface area contributed by atoms with Gasteiger partial charge in [-0.3, -0.25) is 4.90 Å². The normalized spacial score (nSPS) is 16.7. The minimum Gasteiger partial charge on any atom is -0.492 e. The maximum atomic E-state index is 5.96. The van der Waals surface area contributed by atoms with Crippen molar-refractivity contribution in [2.45, 2.75) is 19.9 Å². The maximum Gasteiger partial charge on any atom is 0.150 e. The van der Waals surface area contributed by atoms with E-state index >= 15 is 0 Å². The summed E-state index contributed by atoms with van der Waals surface area (Å²) in [6.07, 6.45) is 1.61. The van der Waals surface area contributed by atoms with E-state index in [1.807, 2.05) is 0 Å². The Labute approximate surface area is 156 Å². The topological polar surface area (TPSA) is 47.7 Å². The Kier molecular flexibility index (Phi) is 9.58. The van der Waals surface area contributed by atoms with E-state index in [4.69, 9.17) is 26.8 Å². The van der Waals surface area contributed by atoms with Gasteiger partial charge in [0.15, 0.2) is 5.75 Å². The SMILES string of the molecule is CC(C)N1CCOC(=COc2cc(Br)c(Cl)cc2N)C1.Cl.Cl. The Morgan fingerprint density at radius 1 is 1.41 bits per heavy atom. The third kappa shape index (κ3) is 5.70. The van der Waals surface area contributed by atoms with Crippen LogP contribution in [0.15, 0.2) is 28.6 Å². The average molecular weight is 435 g/mol. The molecule has 0 spiro atoms. The lowest BCUT2D eigenvalue weighted by Crippen LogP contribution is -2.39. The van der Waals surface area contributed by atoms with Crippen molar-refractivity contribution < 1.29 is 9.47 Å². The standard InChI is InChI=1S/C14H18BrClN2O2.2ClH/c1-9(2)18-3-4-19-10(7-18)8-20-14-5-11(15)12(16)6-13(14)17;;/h5-6,8-9H,3-4,7,17H2,1-2H3;2*1H. The molecule has 1 aromatic carbocycles. The number of halogens is 4. The molecule has 1 fully saturated rings. The third-order valence-corrected chi connectivity index (χ3v) is 4.32. The Bertz CT molecular complexity index is 527. The van der Waals surface area contributed by atoms with Crippen molar-refractivity contribution in [3.05, 3.63) is 33.6 Å². The lowest BCUT2D eigenvalue weighted by atomic mass is 10.3. The number of nitrogens with two attached hydrogens (primary N) is 1. The summed E-state index contributed by atoms with van der Waals surface area (Å²) in [4.78, 5) is 2.32. The Hall–Kier alpha value is -0.330. The van der Waals surface area contributed by atoms with Gasteiger partial charge in [-0.2, -0.15) is 0 Å². The highest BCUT2D eigenvalue weighted by molar-refractivity contribution is 9.10. The first-order valence-electron chi connectivity index (χ1n) is 6.44. The molecule has 8 heteroatoms. The number of hydrogen-bond donors (Lipinski definition) is 1. The van der Waals surface area contributed by atoms with Gasteiger partial charge in [0.2, 0.25) is 0 Å². The highest BCUT2D eigenvalue weighted by atomic mass is 79.9. The lowest BCUT2D eigenvalue weighted by molar-refractivity contribution is 0.0710. The van der Waals surface area contributed by atoms with E-state index in [2.05, 4.69) is 34.7 Å². The van der Waals surface area contributed by atoms with Crippen LogP contribution in [0.25, 0.3) is 0 Å². The van der Waals surface area contributed by atoms with Crippen molar-refractivity contribution in [1.29, 1.82) is 0 Å². The minimum absolute atomic E-state index is 0. The fourth-order valence-corrected chi connectivity index (χ4v) is 2.40. The van der Waals surface area contributed by atoms with E-state index in [1.54, 1.807) is 18.4 Å². The molecule has 1 heterocycles. The molecule has 0 bridgehead atoms. The monoisotopic (exact) mass is 432 g/mol. The van der Waals surface area contributed by atoms with Gasteiger partial charge in [-0.05, 0) is 41.9 Å². The van der Waals surface area contributed by atoms with Crippen LogP contribution in [0.5, 0.6) is 5.75 Å². The molecule has 1 aliphatic rings. The number of ether oxygens (including phenoxy) is 2. The summed E-state index contributed by atoms with van der Waals surface area (Å²) in [7, 11) is 0. The zero-order valence-electron chi connectivity index (χ0n) is 12.3. The van der Waals surface area contributed by atoms with E-state index in [1.165, 1.54) is 0 Å². The summed E-state index contributed by atoms with van der Waals surface area (Å²) in [6, 6.07) is 3.89. The largest absolute Gasteiger partial charge is 0.492 e. The number of nitrogen functional groups attached to an aromatic ring is 1. The molecular formula is C14H20BrCl3N2O2. The Balaban J connectivity index is 0.00000220. The maximum absolute atomic E-state index is 5.96. The second kappa shape index (κ2) is 9.73. The number of nitrogens with zero attached hydrogens (tertiary/aromatic N) is 1. The fourth-order valence-electron chi connectivity index (χ4n) is 1.91. The number of rotatable bonds is 3. The second-order valence-corrected chi connectivity index (χ2v) is 6.18. The van der Waals surface area contributed by atoms with Crippen LogP contribution in [0.4, 0.5) is 5.69 Å². The zero-order valence-corrected chi connectivity index (χ0v) is 16.3. The van der Waals surface area contributed by atoms with Crippen molar-refractivity contribution >= 4 is 58.0 Å². The van der Waals surface area contributed by atoms with Crippen LogP contribution in [0.1, 0.15) is 13.8 Å². The summed E-state index contributed by atoms with van der Waals surface area (Å²) < 4.78 is 11.9. The lowest BCUT2D eigenvalue weighted by Gasteiger charge is -2.31. The predicted molar refractivity (Wildman–Crippen MR) is 99.4 cm³/mol. The van der Waals surface area contributed by atoms with Crippen LogP contribution in [0.2, 0.25) is 5.02 Å². The molecule has 0 aromatic heterocycles. The summed E-state index contributed by atoms with van der Waals surface area (Å²) in [5.74, 6) is 1.36. The molecule has 22 heavy (non-hydrogen) atoms. The zero-order chi connectivity index (χ0) is 14.7. The van der Waals surface area contributed by atoms with E-state index < -0.39 is 0 Å². The smallest absolute Gasteiger partial charge is 0.150 e. The van der Waals surface area contributed by atoms with Gasteiger partial charge < -0.3 is 15.2 Å². The second-order valence-electron chi connectivity index (χ2n) is 4.92. The van der Waals surface area contributed by atoms with Crippen molar-refractivity contribution in [3.63, 3.8) is 0 Å². The molecular weight excluding hydrogens is 414 g/mol. The molecule has 0 radical (unpaired) electrons. The first kappa shape index (κ1) is 21.7. The van der Waals surface area contributed by atoms with Crippen LogP contribution < -0.4 is 10.5 Å². The molecule has 2 N–H and O–H groups in total. The molecule has 1 saturated heterocycles. The van der Waals surface area contributed by atoms with Crippen LogP contribution in [0, 0.1) is 0 Å². The van der Waals surface area contributed by atoms with Gasteiger partial charge in [0.1, 0.15) is 18.6 Å². The highest BCUT2D eigenvalue weighted by Gasteiger charge is 2.18. The van der Waals surface area contributed by atoms with Gasteiger partial charge >= 0.3 is 0 Å². The Morgan fingerprint density at radius 2 is 2.09 bits per heavy atom. The fraction of sp³-hybridized carbons (Fsp3) is 0.429. The van der Waals surface area contributed by atoms with E-state index in [0.29, 0.717) is 29.1 Å². The summed E-state index contributed by atoms with van der Waals surface area (Å²) in [6.45, 7) is 6.68. The van der Waals surface area contributed by atoms with Crippen LogP contribution in [-0.2, 0) is 4.74 Å². The van der Waals surface area contributed by atoms with Crippen molar-refractivity contribution in [2.24, 2.45) is 0 Å². The number of anilines is 1. The molecule has 126 valence electrons. The molecule has 0 atom stereocenters. The van der Waals surface area contributed by atoms with Crippen LogP contribution in [-0.4, -0.2) is 30.6 Å². The van der Waals surface area contributed by atoms with Gasteiger partial charge in [-0.25, -0.2) is 0 Å². The third-order valence-electron chi connectivity index (χ3n) is 3.13. The van der Waals surface area contributed by atoms with Gasteiger partial charge in [0.05, 0.1) is 17.3 Å².